The number of hydrogen-bond acceptors (Lipinski definition) is 5. The van der Waals surface area contributed by atoms with Crippen molar-refractivity contribution in [3.8, 4) is 0 Å². The van der Waals surface area contributed by atoms with Crippen LogP contribution in [0.2, 0.25) is 0 Å². The Balaban J connectivity index is 2.78. The van der Waals surface area contributed by atoms with Crippen molar-refractivity contribution in [3.05, 3.63) is 16.1 Å². The average Bonchev–Trinajstić information content (AvgIpc) is 2.85. The number of nitrogens with zero attached hydrogens (tertiary/aromatic N) is 2. The van der Waals surface area contributed by atoms with Crippen LogP contribution in [0.15, 0.2) is 5.38 Å². The van der Waals surface area contributed by atoms with E-state index in [0.717, 1.165) is 17.8 Å². The van der Waals surface area contributed by atoms with Gasteiger partial charge >= 0.3 is 5.97 Å². The number of rotatable bonds is 6. The van der Waals surface area contributed by atoms with Gasteiger partial charge in [-0.3, -0.25) is 4.79 Å². The molecular formula is C12H18N2O3S. The predicted octanol–water partition coefficient (Wildman–Crippen LogP) is 2.19. The normalized spacial score (nSPS) is 10.2. The number of ether oxygens (including phenoxy) is 1. The molecule has 0 fully saturated rings. The van der Waals surface area contributed by atoms with E-state index in [-0.39, 0.29) is 10.9 Å². The second-order valence-electron chi connectivity index (χ2n) is 3.64. The molecule has 0 N–H and O–H groups in total. The van der Waals surface area contributed by atoms with Crippen LogP contribution in [0.25, 0.3) is 0 Å². The van der Waals surface area contributed by atoms with E-state index in [1.165, 1.54) is 0 Å². The van der Waals surface area contributed by atoms with Crippen molar-refractivity contribution in [1.29, 1.82) is 0 Å². The first kappa shape index (κ1) is 14.6. The van der Waals surface area contributed by atoms with E-state index in [1.54, 1.807) is 17.2 Å². The van der Waals surface area contributed by atoms with Crippen LogP contribution in [0.1, 0.15) is 47.5 Å². The van der Waals surface area contributed by atoms with Crippen LogP contribution in [-0.2, 0) is 4.74 Å². The van der Waals surface area contributed by atoms with Crippen molar-refractivity contribution in [1.82, 2.24) is 9.88 Å². The Bertz CT molecular complexity index is 417. The van der Waals surface area contributed by atoms with Crippen LogP contribution in [0.5, 0.6) is 0 Å². The summed E-state index contributed by atoms with van der Waals surface area (Å²) < 4.78 is 4.84. The second-order valence-corrected chi connectivity index (χ2v) is 4.50. The molecule has 1 amide bonds. The zero-order valence-electron chi connectivity index (χ0n) is 10.9. The topological polar surface area (TPSA) is 59.5 Å². The van der Waals surface area contributed by atoms with E-state index < -0.39 is 5.97 Å². The summed E-state index contributed by atoms with van der Waals surface area (Å²) in [6.07, 6.45) is 0.897. The minimum Gasteiger partial charge on any atom is -0.461 e. The molecule has 0 aliphatic carbocycles. The Morgan fingerprint density at radius 1 is 1.39 bits per heavy atom. The minimum absolute atomic E-state index is 0.133. The Hall–Kier alpha value is -1.43. The van der Waals surface area contributed by atoms with Crippen LogP contribution in [-0.4, -0.2) is 41.5 Å². The van der Waals surface area contributed by atoms with Crippen molar-refractivity contribution in [2.75, 3.05) is 19.7 Å². The standard InChI is InChI=1S/C12H18N2O3S/c1-4-7-14(5-2)11(15)9-8-18-10(13-9)12(16)17-6-3/h8H,4-7H2,1-3H3. The predicted molar refractivity (Wildman–Crippen MR) is 69.9 cm³/mol. The van der Waals surface area contributed by atoms with Gasteiger partial charge in [-0.15, -0.1) is 11.3 Å². The molecule has 5 nitrogen and oxygen atoms in total. The number of carbonyl (C=O) groups excluding carboxylic acids is 2. The van der Waals surface area contributed by atoms with E-state index in [4.69, 9.17) is 4.74 Å². The Morgan fingerprint density at radius 2 is 2.11 bits per heavy atom. The highest BCUT2D eigenvalue weighted by Gasteiger charge is 2.19. The summed E-state index contributed by atoms with van der Waals surface area (Å²) in [6, 6.07) is 0. The summed E-state index contributed by atoms with van der Waals surface area (Å²) in [6.45, 7) is 7.31. The average molecular weight is 270 g/mol. The molecule has 18 heavy (non-hydrogen) atoms. The van der Waals surface area contributed by atoms with Crippen molar-refractivity contribution in [2.24, 2.45) is 0 Å². The third-order valence-corrected chi connectivity index (χ3v) is 3.16. The molecule has 1 heterocycles. The van der Waals surface area contributed by atoms with Crippen LogP contribution in [0.4, 0.5) is 0 Å². The molecule has 0 radical (unpaired) electrons. The summed E-state index contributed by atoms with van der Waals surface area (Å²) in [5, 5.41) is 1.83. The summed E-state index contributed by atoms with van der Waals surface area (Å²) in [4.78, 5) is 29.3. The molecule has 0 bridgehead atoms. The molecule has 0 aliphatic rings. The summed E-state index contributed by atoms with van der Waals surface area (Å²) in [5.41, 5.74) is 0.318. The first-order valence-electron chi connectivity index (χ1n) is 6.05. The number of carbonyl (C=O) groups is 2. The van der Waals surface area contributed by atoms with Gasteiger partial charge in [0.15, 0.2) is 0 Å². The molecule has 0 atom stereocenters. The molecule has 0 saturated heterocycles. The molecular weight excluding hydrogens is 252 g/mol. The van der Waals surface area contributed by atoms with E-state index >= 15 is 0 Å². The zero-order chi connectivity index (χ0) is 13.5. The molecule has 0 aliphatic heterocycles. The zero-order valence-corrected chi connectivity index (χ0v) is 11.7. The third-order valence-electron chi connectivity index (χ3n) is 2.34. The van der Waals surface area contributed by atoms with Crippen LogP contribution < -0.4 is 0 Å². The van der Waals surface area contributed by atoms with Crippen LogP contribution in [0, 0.1) is 0 Å². The van der Waals surface area contributed by atoms with E-state index in [2.05, 4.69) is 4.98 Å². The van der Waals surface area contributed by atoms with Gasteiger partial charge in [-0.25, -0.2) is 9.78 Å². The van der Waals surface area contributed by atoms with Gasteiger partial charge in [0, 0.05) is 18.5 Å². The number of aromatic nitrogens is 1. The highest BCUT2D eigenvalue weighted by Crippen LogP contribution is 2.13. The van der Waals surface area contributed by atoms with Crippen molar-refractivity contribution < 1.29 is 14.3 Å². The van der Waals surface area contributed by atoms with Gasteiger partial charge in [-0.2, -0.15) is 0 Å². The smallest absolute Gasteiger partial charge is 0.367 e. The molecule has 0 aromatic carbocycles. The van der Waals surface area contributed by atoms with Crippen molar-refractivity contribution >= 4 is 23.2 Å². The molecule has 1 aromatic heterocycles. The SMILES string of the molecule is CCCN(CC)C(=O)c1csc(C(=O)OCC)n1. The van der Waals surface area contributed by atoms with Crippen molar-refractivity contribution in [2.45, 2.75) is 27.2 Å². The van der Waals surface area contributed by atoms with Gasteiger partial charge in [0.1, 0.15) is 5.69 Å². The van der Waals surface area contributed by atoms with Crippen molar-refractivity contribution in [3.63, 3.8) is 0 Å². The lowest BCUT2D eigenvalue weighted by Gasteiger charge is -2.18. The fourth-order valence-corrected chi connectivity index (χ4v) is 2.18. The lowest BCUT2D eigenvalue weighted by atomic mass is 10.3. The number of thiazole rings is 1. The van der Waals surface area contributed by atoms with Crippen LogP contribution in [0.3, 0.4) is 0 Å². The van der Waals surface area contributed by atoms with Crippen LogP contribution >= 0.6 is 11.3 Å². The van der Waals surface area contributed by atoms with E-state index in [0.29, 0.717) is 25.4 Å². The maximum absolute atomic E-state index is 12.1. The molecule has 1 rings (SSSR count). The molecule has 6 heteroatoms. The maximum Gasteiger partial charge on any atom is 0.367 e. The molecule has 0 spiro atoms. The number of amides is 1. The van der Waals surface area contributed by atoms with E-state index in [9.17, 15) is 9.59 Å². The summed E-state index contributed by atoms with van der Waals surface area (Å²) in [5.74, 6) is -0.605. The first-order valence-corrected chi connectivity index (χ1v) is 6.93. The lowest BCUT2D eigenvalue weighted by molar-refractivity contribution is 0.0526. The third kappa shape index (κ3) is 3.53. The maximum atomic E-state index is 12.1. The van der Waals surface area contributed by atoms with Gasteiger partial charge in [0.05, 0.1) is 6.61 Å². The lowest BCUT2D eigenvalue weighted by Crippen LogP contribution is -2.31. The van der Waals surface area contributed by atoms with Gasteiger partial charge < -0.3 is 9.64 Å². The highest BCUT2D eigenvalue weighted by molar-refractivity contribution is 7.11. The van der Waals surface area contributed by atoms with E-state index in [1.807, 2.05) is 13.8 Å². The second kappa shape index (κ2) is 7.10. The van der Waals surface area contributed by atoms with Gasteiger partial charge in [-0.05, 0) is 20.3 Å². The van der Waals surface area contributed by atoms with Gasteiger partial charge in [-0.1, -0.05) is 6.92 Å². The minimum atomic E-state index is -0.472. The Kier molecular flexibility index (Phi) is 5.77. The largest absolute Gasteiger partial charge is 0.461 e. The fourth-order valence-electron chi connectivity index (χ4n) is 1.49. The van der Waals surface area contributed by atoms with Gasteiger partial charge in [0.2, 0.25) is 5.01 Å². The summed E-state index contributed by atoms with van der Waals surface area (Å²) in [7, 11) is 0. The fraction of sp³-hybridized carbons (Fsp3) is 0.583. The van der Waals surface area contributed by atoms with Gasteiger partial charge in [0.25, 0.3) is 5.91 Å². The molecule has 0 saturated carbocycles. The molecule has 100 valence electrons. The number of esters is 1. The highest BCUT2D eigenvalue weighted by atomic mass is 32.1. The monoisotopic (exact) mass is 270 g/mol. The Labute approximate surface area is 111 Å². The number of hydrogen-bond donors (Lipinski definition) is 0. The Morgan fingerprint density at radius 3 is 2.67 bits per heavy atom. The molecule has 1 aromatic rings. The quantitative estimate of drug-likeness (QED) is 0.743. The summed E-state index contributed by atoms with van der Waals surface area (Å²) >= 11 is 1.14. The first-order chi connectivity index (χ1) is 8.63. The molecule has 0 unspecified atom stereocenters.